The third kappa shape index (κ3) is 3.26. The van der Waals surface area contributed by atoms with Crippen LogP contribution in [0.3, 0.4) is 0 Å². The van der Waals surface area contributed by atoms with Crippen molar-refractivity contribution in [2.75, 3.05) is 0 Å². The highest BCUT2D eigenvalue weighted by atomic mass is 19.4. The van der Waals surface area contributed by atoms with Gasteiger partial charge >= 0.3 is 6.18 Å². The normalized spacial score (nSPS) is 17.1. The fourth-order valence-corrected chi connectivity index (χ4v) is 1.89. The third-order valence-electron chi connectivity index (χ3n) is 2.94. The van der Waals surface area contributed by atoms with Crippen LogP contribution in [-0.4, -0.2) is 17.1 Å². The van der Waals surface area contributed by atoms with Crippen LogP contribution in [0.25, 0.3) is 0 Å². The number of ketones is 1. The molecule has 0 amide bonds. The van der Waals surface area contributed by atoms with Crippen molar-refractivity contribution in [3.63, 3.8) is 0 Å². The minimum absolute atomic E-state index is 0.0584. The molecule has 6 heteroatoms. The highest BCUT2D eigenvalue weighted by Gasteiger charge is 2.30. The van der Waals surface area contributed by atoms with Gasteiger partial charge in [-0.25, -0.2) is 0 Å². The lowest BCUT2D eigenvalue weighted by atomic mass is 9.97. The van der Waals surface area contributed by atoms with E-state index in [2.05, 4.69) is 4.99 Å². The van der Waals surface area contributed by atoms with Crippen LogP contribution in [0, 0.1) is 0 Å². The first kappa shape index (κ1) is 14.3. The summed E-state index contributed by atoms with van der Waals surface area (Å²) in [6, 6.07) is 4.48. The number of nitrogens with zero attached hydrogens (tertiary/aromatic N) is 1. The summed E-state index contributed by atoms with van der Waals surface area (Å²) < 4.78 is 37.6. The SMILES string of the molecule is O=C1CCCC(O)=C1C=Nc1cccc(C(F)(F)F)c1. The van der Waals surface area contributed by atoms with Crippen molar-refractivity contribution in [2.45, 2.75) is 25.4 Å². The van der Waals surface area contributed by atoms with Gasteiger partial charge in [0.1, 0.15) is 5.76 Å². The number of Topliss-reactive ketones (excluding diaryl/α,β-unsaturated/α-hetero) is 1. The van der Waals surface area contributed by atoms with Crippen LogP contribution in [-0.2, 0) is 11.0 Å². The average Bonchev–Trinajstić information content (AvgIpc) is 2.37. The monoisotopic (exact) mass is 283 g/mol. The molecule has 1 aliphatic carbocycles. The quantitative estimate of drug-likeness (QED) is 0.835. The molecule has 106 valence electrons. The number of hydrogen-bond donors (Lipinski definition) is 1. The van der Waals surface area contributed by atoms with Crippen molar-refractivity contribution in [3.05, 3.63) is 41.2 Å². The molecule has 1 N–H and O–H groups in total. The molecule has 2 rings (SSSR count). The van der Waals surface area contributed by atoms with E-state index in [1.165, 1.54) is 12.1 Å². The molecule has 0 heterocycles. The van der Waals surface area contributed by atoms with Crippen LogP contribution in [0.2, 0.25) is 0 Å². The Kier molecular flexibility index (Phi) is 3.92. The zero-order valence-electron chi connectivity index (χ0n) is 10.4. The topological polar surface area (TPSA) is 49.7 Å². The number of rotatable bonds is 2. The molecule has 0 radical (unpaired) electrons. The fraction of sp³-hybridized carbons (Fsp3) is 0.286. The van der Waals surface area contributed by atoms with Crippen molar-refractivity contribution >= 4 is 17.7 Å². The van der Waals surface area contributed by atoms with Crippen LogP contribution < -0.4 is 0 Å². The predicted molar refractivity (Wildman–Crippen MR) is 68.1 cm³/mol. The zero-order valence-corrected chi connectivity index (χ0v) is 10.4. The van der Waals surface area contributed by atoms with E-state index in [1.54, 1.807) is 0 Å². The summed E-state index contributed by atoms with van der Waals surface area (Å²) in [5.41, 5.74) is -0.646. The molecule has 1 aliphatic rings. The van der Waals surface area contributed by atoms with E-state index in [-0.39, 0.29) is 22.8 Å². The number of aliphatic hydroxyl groups is 1. The minimum Gasteiger partial charge on any atom is -0.512 e. The maximum atomic E-state index is 12.5. The number of allylic oxidation sites excluding steroid dienone is 2. The molecule has 0 spiro atoms. The molecule has 3 nitrogen and oxygen atoms in total. The highest BCUT2D eigenvalue weighted by Crippen LogP contribution is 2.31. The molecular weight excluding hydrogens is 271 g/mol. The average molecular weight is 283 g/mol. The van der Waals surface area contributed by atoms with Crippen molar-refractivity contribution in [3.8, 4) is 0 Å². The standard InChI is InChI=1S/C14H12F3NO2/c15-14(16,17)9-3-1-4-10(7-9)18-8-11-12(19)5-2-6-13(11)20/h1,3-4,7-8,19H,2,5-6H2. The summed E-state index contributed by atoms with van der Waals surface area (Å²) in [6.45, 7) is 0. The van der Waals surface area contributed by atoms with Gasteiger partial charge in [-0.2, -0.15) is 13.2 Å². The number of carbonyl (C=O) groups is 1. The number of benzene rings is 1. The van der Waals surface area contributed by atoms with Crippen molar-refractivity contribution in [1.82, 2.24) is 0 Å². The summed E-state index contributed by atoms with van der Waals surface area (Å²) in [7, 11) is 0. The lowest BCUT2D eigenvalue weighted by Crippen LogP contribution is -2.12. The third-order valence-corrected chi connectivity index (χ3v) is 2.94. The highest BCUT2D eigenvalue weighted by molar-refractivity contribution is 6.14. The summed E-state index contributed by atoms with van der Waals surface area (Å²) in [5.74, 6) is -0.304. The number of alkyl halides is 3. The van der Waals surface area contributed by atoms with E-state index in [1.807, 2.05) is 0 Å². The minimum atomic E-state index is -4.44. The molecule has 0 saturated heterocycles. The Morgan fingerprint density at radius 3 is 2.65 bits per heavy atom. The lowest BCUT2D eigenvalue weighted by molar-refractivity contribution is -0.137. The largest absolute Gasteiger partial charge is 0.512 e. The first-order valence-electron chi connectivity index (χ1n) is 6.04. The molecule has 0 saturated carbocycles. The van der Waals surface area contributed by atoms with E-state index in [9.17, 15) is 23.1 Å². The molecule has 0 atom stereocenters. The summed E-state index contributed by atoms with van der Waals surface area (Å²) in [5, 5.41) is 9.59. The van der Waals surface area contributed by atoms with Crippen LogP contribution >= 0.6 is 0 Å². The number of carbonyl (C=O) groups excluding carboxylic acids is 1. The van der Waals surface area contributed by atoms with E-state index in [0.717, 1.165) is 18.3 Å². The summed E-state index contributed by atoms with van der Waals surface area (Å²) in [4.78, 5) is 15.4. The molecular formula is C14H12F3NO2. The molecule has 0 bridgehead atoms. The van der Waals surface area contributed by atoms with Crippen molar-refractivity contribution < 1.29 is 23.1 Å². The molecule has 1 aromatic carbocycles. The first-order chi connectivity index (χ1) is 9.38. The Bertz CT molecular complexity index is 588. The van der Waals surface area contributed by atoms with Gasteiger partial charge in [0.25, 0.3) is 0 Å². The lowest BCUT2D eigenvalue weighted by Gasteiger charge is -2.11. The Balaban J connectivity index is 2.26. The van der Waals surface area contributed by atoms with Gasteiger partial charge in [0.15, 0.2) is 5.78 Å². The Morgan fingerprint density at radius 1 is 1.25 bits per heavy atom. The summed E-state index contributed by atoms with van der Waals surface area (Å²) >= 11 is 0. The van der Waals surface area contributed by atoms with Crippen LogP contribution in [0.5, 0.6) is 0 Å². The van der Waals surface area contributed by atoms with E-state index in [4.69, 9.17) is 0 Å². The second kappa shape index (κ2) is 5.48. The Hall–Kier alpha value is -2.11. The smallest absolute Gasteiger partial charge is 0.416 e. The van der Waals surface area contributed by atoms with Crippen LogP contribution in [0.4, 0.5) is 18.9 Å². The fourth-order valence-electron chi connectivity index (χ4n) is 1.89. The zero-order chi connectivity index (χ0) is 14.8. The van der Waals surface area contributed by atoms with E-state index >= 15 is 0 Å². The number of halogens is 3. The van der Waals surface area contributed by atoms with Gasteiger partial charge in [0, 0.05) is 19.1 Å². The van der Waals surface area contributed by atoms with Crippen molar-refractivity contribution in [1.29, 1.82) is 0 Å². The molecule has 0 aromatic heterocycles. The van der Waals surface area contributed by atoms with Crippen LogP contribution in [0.15, 0.2) is 40.6 Å². The van der Waals surface area contributed by atoms with E-state index in [0.29, 0.717) is 19.3 Å². The van der Waals surface area contributed by atoms with Gasteiger partial charge in [0.2, 0.25) is 0 Å². The van der Waals surface area contributed by atoms with Gasteiger partial charge in [-0.05, 0) is 24.6 Å². The Labute approximate surface area is 113 Å². The second-order valence-electron chi connectivity index (χ2n) is 4.44. The van der Waals surface area contributed by atoms with Gasteiger partial charge in [-0.1, -0.05) is 6.07 Å². The molecule has 0 aliphatic heterocycles. The number of aliphatic hydroxyl groups excluding tert-OH is 1. The molecule has 0 fully saturated rings. The number of hydrogen-bond acceptors (Lipinski definition) is 3. The first-order valence-corrected chi connectivity index (χ1v) is 6.04. The second-order valence-corrected chi connectivity index (χ2v) is 4.44. The van der Waals surface area contributed by atoms with Gasteiger partial charge in [0.05, 0.1) is 16.8 Å². The maximum Gasteiger partial charge on any atom is 0.416 e. The number of aliphatic imine (C=N–C) groups is 1. The molecule has 20 heavy (non-hydrogen) atoms. The van der Waals surface area contributed by atoms with Gasteiger partial charge < -0.3 is 5.11 Å². The summed E-state index contributed by atoms with van der Waals surface area (Å²) in [6.07, 6.45) is -2.03. The predicted octanol–water partition coefficient (Wildman–Crippen LogP) is 3.97. The maximum absolute atomic E-state index is 12.5. The van der Waals surface area contributed by atoms with Gasteiger partial charge in [-0.3, -0.25) is 9.79 Å². The Morgan fingerprint density at radius 2 is 2.00 bits per heavy atom. The van der Waals surface area contributed by atoms with Gasteiger partial charge in [-0.15, -0.1) is 0 Å². The van der Waals surface area contributed by atoms with Crippen molar-refractivity contribution in [2.24, 2.45) is 4.99 Å². The molecule has 0 unspecified atom stereocenters. The molecule has 1 aromatic rings. The van der Waals surface area contributed by atoms with E-state index < -0.39 is 11.7 Å². The van der Waals surface area contributed by atoms with Crippen LogP contribution in [0.1, 0.15) is 24.8 Å².